The molecule has 2 fully saturated rings. The average Bonchev–Trinajstić information content (AvgIpc) is 3.61. The molecule has 2 saturated heterocycles. The lowest BCUT2D eigenvalue weighted by Gasteiger charge is -2.26. The van der Waals surface area contributed by atoms with Crippen LogP contribution in [0.25, 0.3) is 0 Å². The fraction of sp³-hybridized carbons (Fsp3) is 0.241. The van der Waals surface area contributed by atoms with Gasteiger partial charge in [0.25, 0.3) is 0 Å². The summed E-state index contributed by atoms with van der Waals surface area (Å²) < 4.78 is 1.93. The topological polar surface area (TPSA) is 109 Å². The van der Waals surface area contributed by atoms with Gasteiger partial charge in [0.2, 0.25) is 5.95 Å². The Kier molecular flexibility index (Phi) is 7.16. The van der Waals surface area contributed by atoms with Crippen LogP contribution in [-0.2, 0) is 11.4 Å². The van der Waals surface area contributed by atoms with Crippen molar-refractivity contribution in [1.29, 1.82) is 0 Å². The van der Waals surface area contributed by atoms with E-state index in [1.807, 2.05) is 65.5 Å². The second kappa shape index (κ2) is 11.3. The van der Waals surface area contributed by atoms with Crippen LogP contribution in [0.15, 0.2) is 79.4 Å². The Morgan fingerprint density at radius 1 is 1.00 bits per heavy atom. The molecule has 10 heteroatoms. The van der Waals surface area contributed by atoms with Crippen LogP contribution in [0.4, 0.5) is 22.1 Å². The number of hydrogen-bond acceptors (Lipinski definition) is 7. The second-order valence-electron chi connectivity index (χ2n) is 9.53. The van der Waals surface area contributed by atoms with E-state index in [2.05, 4.69) is 42.9 Å². The third-order valence-electron chi connectivity index (χ3n) is 6.61. The summed E-state index contributed by atoms with van der Waals surface area (Å²) in [7, 11) is 0. The van der Waals surface area contributed by atoms with Crippen molar-refractivity contribution in [3.63, 3.8) is 0 Å². The van der Waals surface area contributed by atoms with Crippen molar-refractivity contribution < 1.29 is 9.63 Å². The molecule has 39 heavy (non-hydrogen) atoms. The maximum absolute atomic E-state index is 12.9. The van der Waals surface area contributed by atoms with E-state index in [9.17, 15) is 4.79 Å². The summed E-state index contributed by atoms with van der Waals surface area (Å²) in [5, 5.41) is 15.2. The summed E-state index contributed by atoms with van der Waals surface area (Å²) >= 11 is 0. The summed E-state index contributed by atoms with van der Waals surface area (Å²) in [6.45, 7) is 3.47. The zero-order chi connectivity index (χ0) is 26.4. The normalized spacial score (nSPS) is 16.7. The minimum absolute atomic E-state index is 0.118. The molecular weight excluding hydrogens is 492 g/mol. The number of amides is 2. The van der Waals surface area contributed by atoms with Crippen molar-refractivity contribution in [2.24, 2.45) is 5.92 Å². The number of carbonyl (C=O) groups is 1. The maximum atomic E-state index is 12.9. The van der Waals surface area contributed by atoms with Crippen LogP contribution in [0.3, 0.4) is 0 Å². The second-order valence-corrected chi connectivity index (χ2v) is 9.53. The molecule has 4 heterocycles. The Bertz CT molecular complexity index is 1490. The number of rotatable bonds is 6. The van der Waals surface area contributed by atoms with Crippen LogP contribution < -0.4 is 16.0 Å². The Morgan fingerprint density at radius 3 is 2.62 bits per heavy atom. The highest BCUT2D eigenvalue weighted by molar-refractivity contribution is 5.89. The molecule has 1 atom stereocenters. The Hall–Kier alpha value is -4.72. The van der Waals surface area contributed by atoms with Crippen LogP contribution in [0.1, 0.15) is 29.2 Å². The molecule has 0 aliphatic carbocycles. The molecule has 10 nitrogen and oxygen atoms in total. The summed E-state index contributed by atoms with van der Waals surface area (Å²) in [5.74, 6) is 7.31. The third-order valence-corrected chi connectivity index (χ3v) is 6.61. The number of hydroxylamine groups is 2. The van der Waals surface area contributed by atoms with Crippen molar-refractivity contribution in [2.45, 2.75) is 19.0 Å². The Labute approximate surface area is 226 Å². The van der Waals surface area contributed by atoms with E-state index in [4.69, 9.17) is 4.84 Å². The Morgan fingerprint density at radius 2 is 1.82 bits per heavy atom. The van der Waals surface area contributed by atoms with Gasteiger partial charge in [0.05, 0.1) is 30.1 Å². The monoisotopic (exact) mass is 520 g/mol. The molecular formula is C29H28N8O2. The van der Waals surface area contributed by atoms with Gasteiger partial charge in [0, 0.05) is 61.8 Å². The lowest BCUT2D eigenvalue weighted by molar-refractivity contribution is -0.0829. The van der Waals surface area contributed by atoms with E-state index >= 15 is 0 Å². The molecule has 2 amide bonds. The summed E-state index contributed by atoms with van der Waals surface area (Å²) in [6.07, 6.45) is 7.83. The molecule has 196 valence electrons. The van der Waals surface area contributed by atoms with Crippen LogP contribution >= 0.6 is 0 Å². The molecule has 0 bridgehead atoms. The van der Waals surface area contributed by atoms with E-state index in [0.717, 1.165) is 42.9 Å². The van der Waals surface area contributed by atoms with Crippen LogP contribution in [0.2, 0.25) is 0 Å². The van der Waals surface area contributed by atoms with E-state index < -0.39 is 0 Å². The van der Waals surface area contributed by atoms with Crippen LogP contribution in [0.5, 0.6) is 0 Å². The van der Waals surface area contributed by atoms with Crippen LogP contribution in [0, 0.1) is 17.8 Å². The van der Waals surface area contributed by atoms with Gasteiger partial charge in [-0.1, -0.05) is 48.2 Å². The van der Waals surface area contributed by atoms with E-state index in [-0.39, 0.29) is 12.1 Å². The molecule has 0 radical (unpaired) electrons. The predicted octanol–water partition coefficient (Wildman–Crippen LogP) is 3.95. The lowest BCUT2D eigenvalue weighted by atomic mass is 10.0. The number of carbonyl (C=O) groups excluding carboxylic acids is 1. The number of benzene rings is 2. The van der Waals surface area contributed by atoms with E-state index in [0.29, 0.717) is 29.7 Å². The molecule has 0 unspecified atom stereocenters. The molecule has 0 saturated carbocycles. The third kappa shape index (κ3) is 6.06. The first-order chi connectivity index (χ1) is 19.2. The van der Waals surface area contributed by atoms with Crippen molar-refractivity contribution in [3.05, 3.63) is 96.1 Å². The zero-order valence-corrected chi connectivity index (χ0v) is 21.2. The molecule has 2 aliphatic heterocycles. The first-order valence-corrected chi connectivity index (χ1v) is 12.9. The minimum Gasteiger partial charge on any atom is -0.321 e. The van der Waals surface area contributed by atoms with Gasteiger partial charge >= 0.3 is 6.03 Å². The smallest absolute Gasteiger partial charge is 0.321 e. The molecule has 2 aromatic carbocycles. The highest BCUT2D eigenvalue weighted by Crippen LogP contribution is 2.30. The summed E-state index contributed by atoms with van der Waals surface area (Å²) in [6, 6.07) is 16.9. The minimum atomic E-state index is -0.312. The molecule has 4 aromatic rings. The Balaban J connectivity index is 1.06. The van der Waals surface area contributed by atoms with Crippen molar-refractivity contribution >= 4 is 23.4 Å². The van der Waals surface area contributed by atoms with Crippen molar-refractivity contribution in [2.75, 3.05) is 30.3 Å². The molecule has 2 aromatic heterocycles. The quantitative estimate of drug-likeness (QED) is 0.330. The van der Waals surface area contributed by atoms with Gasteiger partial charge in [-0.2, -0.15) is 10.2 Å². The first-order valence-electron chi connectivity index (χ1n) is 12.9. The van der Waals surface area contributed by atoms with Crippen molar-refractivity contribution in [1.82, 2.24) is 30.1 Å². The highest BCUT2D eigenvalue weighted by Gasteiger charge is 2.31. The van der Waals surface area contributed by atoms with Gasteiger partial charge in [-0.15, -0.1) is 0 Å². The number of nitrogens with one attached hydrogen (secondary N) is 3. The maximum Gasteiger partial charge on any atom is 0.346 e. The molecule has 2 aliphatic rings. The fourth-order valence-electron chi connectivity index (χ4n) is 4.50. The summed E-state index contributed by atoms with van der Waals surface area (Å²) in [5.41, 5.74) is 3.96. The van der Waals surface area contributed by atoms with E-state index in [1.165, 1.54) is 5.06 Å². The first kappa shape index (κ1) is 24.6. The number of anilines is 3. The van der Waals surface area contributed by atoms with E-state index in [1.54, 1.807) is 18.6 Å². The van der Waals surface area contributed by atoms with Gasteiger partial charge in [-0.25, -0.2) is 14.8 Å². The fourth-order valence-corrected chi connectivity index (χ4v) is 4.50. The SMILES string of the molecule is O=C(Nc1cccc(C#Cc2cnc(Nc3cnn(CC4CNC4)c3)nc2)c1)N1OCC[C@H]1c1ccccc1. The molecule has 3 N–H and O–H groups in total. The molecule has 0 spiro atoms. The van der Waals surface area contributed by atoms with Crippen LogP contribution in [-0.4, -0.2) is 50.5 Å². The van der Waals surface area contributed by atoms with Gasteiger partial charge in [-0.05, 0) is 23.8 Å². The number of aromatic nitrogens is 4. The molecule has 6 rings (SSSR count). The van der Waals surface area contributed by atoms with Gasteiger partial charge < -0.3 is 16.0 Å². The summed E-state index contributed by atoms with van der Waals surface area (Å²) in [4.78, 5) is 27.3. The number of nitrogens with zero attached hydrogens (tertiary/aromatic N) is 5. The zero-order valence-electron chi connectivity index (χ0n) is 21.2. The lowest BCUT2D eigenvalue weighted by Crippen LogP contribution is -2.44. The van der Waals surface area contributed by atoms with Gasteiger partial charge in [-0.3, -0.25) is 9.52 Å². The predicted molar refractivity (Wildman–Crippen MR) is 147 cm³/mol. The van der Waals surface area contributed by atoms with Gasteiger partial charge in [0.1, 0.15) is 0 Å². The number of urea groups is 1. The standard InChI is InChI=1S/C29H28N8O2/c38-29(37-27(11-12-39-37)24-6-2-1-3-7-24)35-25-8-4-5-21(13-25)9-10-22-16-31-28(32-17-22)34-26-18-33-36(20-26)19-23-14-30-15-23/h1-8,13,16-18,20,23,27,30H,11-12,14-15,19H2,(H,35,38)(H,31,32,34)/t27-/m0/s1. The van der Waals surface area contributed by atoms with Crippen molar-refractivity contribution in [3.8, 4) is 11.8 Å². The van der Waals surface area contributed by atoms with Gasteiger partial charge in [0.15, 0.2) is 0 Å². The highest BCUT2D eigenvalue weighted by atomic mass is 16.7. The average molecular weight is 521 g/mol. The largest absolute Gasteiger partial charge is 0.346 e. The number of hydrogen-bond donors (Lipinski definition) is 3.